The van der Waals surface area contributed by atoms with Crippen LogP contribution >= 0.6 is 0 Å². The predicted octanol–water partition coefficient (Wildman–Crippen LogP) is 4.21. The molecule has 0 radical (unpaired) electrons. The molecule has 0 atom stereocenters. The van der Waals surface area contributed by atoms with Crippen LogP contribution in [0.25, 0.3) is 11.3 Å². The molecule has 0 fully saturated rings. The molecule has 18 heavy (non-hydrogen) atoms. The van der Waals surface area contributed by atoms with E-state index in [-0.39, 0.29) is 5.56 Å². The van der Waals surface area contributed by atoms with Crippen molar-refractivity contribution in [2.75, 3.05) is 0 Å². The summed E-state index contributed by atoms with van der Waals surface area (Å²) in [6.07, 6.45) is -3.20. The van der Waals surface area contributed by atoms with Crippen LogP contribution in [0.4, 0.5) is 17.6 Å². The summed E-state index contributed by atoms with van der Waals surface area (Å²) < 4.78 is 50.8. The Labute approximate surface area is 101 Å². The lowest BCUT2D eigenvalue weighted by molar-refractivity contribution is -0.139. The lowest BCUT2D eigenvalue weighted by atomic mass is 10.1. The van der Waals surface area contributed by atoms with Gasteiger partial charge in [-0.15, -0.1) is 0 Å². The molecule has 5 heteroatoms. The Bertz CT molecular complexity index is 575. The molecule has 0 unspecified atom stereocenters. The fraction of sp³-hybridized carbons (Fsp3) is 0.154. The zero-order valence-corrected chi connectivity index (χ0v) is 9.42. The van der Waals surface area contributed by atoms with E-state index in [2.05, 4.69) is 4.98 Å². The lowest BCUT2D eigenvalue weighted by Crippen LogP contribution is -2.08. The van der Waals surface area contributed by atoms with Crippen LogP contribution in [0, 0.1) is 12.7 Å². The van der Waals surface area contributed by atoms with E-state index in [0.717, 1.165) is 17.7 Å². The van der Waals surface area contributed by atoms with E-state index >= 15 is 0 Å². The smallest absolute Gasteiger partial charge is 0.256 e. The number of halogens is 4. The number of rotatable bonds is 1. The second-order valence-corrected chi connectivity index (χ2v) is 3.91. The fourth-order valence-corrected chi connectivity index (χ4v) is 1.60. The van der Waals surface area contributed by atoms with Crippen molar-refractivity contribution in [1.82, 2.24) is 4.98 Å². The molecule has 2 rings (SSSR count). The molecule has 0 amide bonds. The van der Waals surface area contributed by atoms with E-state index in [1.54, 1.807) is 19.1 Å². The second-order valence-electron chi connectivity index (χ2n) is 3.91. The molecule has 0 aliphatic rings. The van der Waals surface area contributed by atoms with Gasteiger partial charge in [0.25, 0.3) is 0 Å². The molecule has 0 aliphatic carbocycles. The summed E-state index contributed by atoms with van der Waals surface area (Å²) in [6.45, 7) is 1.80. The van der Waals surface area contributed by atoms with Gasteiger partial charge in [-0.1, -0.05) is 0 Å². The van der Waals surface area contributed by atoms with Gasteiger partial charge in [-0.2, -0.15) is 13.2 Å². The first-order chi connectivity index (χ1) is 8.38. The highest BCUT2D eigenvalue weighted by Crippen LogP contribution is 2.33. The van der Waals surface area contributed by atoms with Crippen molar-refractivity contribution < 1.29 is 17.6 Å². The molecule has 1 aromatic heterocycles. The molecule has 1 aromatic carbocycles. The van der Waals surface area contributed by atoms with Gasteiger partial charge in [-0.25, -0.2) is 4.39 Å². The van der Waals surface area contributed by atoms with Crippen molar-refractivity contribution in [2.24, 2.45) is 0 Å². The van der Waals surface area contributed by atoms with Gasteiger partial charge in [0, 0.05) is 11.8 Å². The van der Waals surface area contributed by atoms with Crippen LogP contribution in [-0.2, 0) is 6.18 Å². The molecule has 2 aromatic rings. The number of hydrogen-bond acceptors (Lipinski definition) is 1. The monoisotopic (exact) mass is 255 g/mol. The number of aryl methyl sites for hydroxylation is 1. The Morgan fingerprint density at radius 1 is 1.06 bits per heavy atom. The topological polar surface area (TPSA) is 12.9 Å². The van der Waals surface area contributed by atoms with Gasteiger partial charge in [0.1, 0.15) is 5.82 Å². The van der Waals surface area contributed by atoms with Gasteiger partial charge in [0.15, 0.2) is 0 Å². The van der Waals surface area contributed by atoms with Crippen LogP contribution in [-0.4, -0.2) is 4.98 Å². The first-order valence-electron chi connectivity index (χ1n) is 5.18. The standard InChI is InChI=1S/C13H9F4N/c1-8-4-5-18-12(6-8)9-2-3-11(14)10(7-9)13(15,16)17/h2-7H,1H3. The molecular formula is C13H9F4N. The van der Waals surface area contributed by atoms with E-state index < -0.39 is 17.6 Å². The third-order valence-corrected chi connectivity index (χ3v) is 2.48. The zero-order valence-electron chi connectivity index (χ0n) is 9.42. The number of alkyl halides is 3. The molecular weight excluding hydrogens is 246 g/mol. The SMILES string of the molecule is Cc1ccnc(-c2ccc(F)c(C(F)(F)F)c2)c1. The van der Waals surface area contributed by atoms with Crippen LogP contribution in [0.15, 0.2) is 36.5 Å². The summed E-state index contributed by atoms with van der Waals surface area (Å²) in [5, 5.41) is 0. The summed E-state index contributed by atoms with van der Waals surface area (Å²) in [4.78, 5) is 3.97. The molecule has 0 N–H and O–H groups in total. The molecule has 1 nitrogen and oxygen atoms in total. The van der Waals surface area contributed by atoms with Gasteiger partial charge in [-0.3, -0.25) is 4.98 Å². The molecule has 0 spiro atoms. The van der Waals surface area contributed by atoms with Crippen LogP contribution < -0.4 is 0 Å². The van der Waals surface area contributed by atoms with Crippen LogP contribution in [0.2, 0.25) is 0 Å². The summed E-state index contributed by atoms with van der Waals surface area (Å²) in [6, 6.07) is 6.25. The maximum absolute atomic E-state index is 13.1. The molecule has 1 heterocycles. The van der Waals surface area contributed by atoms with Crippen LogP contribution in [0.1, 0.15) is 11.1 Å². The van der Waals surface area contributed by atoms with Gasteiger partial charge in [0.2, 0.25) is 0 Å². The normalized spacial score (nSPS) is 11.6. The Hall–Kier alpha value is -1.91. The number of hydrogen-bond donors (Lipinski definition) is 0. The van der Waals surface area contributed by atoms with Crippen molar-refractivity contribution in [3.63, 3.8) is 0 Å². The first kappa shape index (κ1) is 12.5. The average molecular weight is 255 g/mol. The average Bonchev–Trinajstić information content (AvgIpc) is 2.28. The van der Waals surface area contributed by atoms with Crippen molar-refractivity contribution in [3.8, 4) is 11.3 Å². The largest absolute Gasteiger partial charge is 0.419 e. The summed E-state index contributed by atoms with van der Waals surface area (Å²) in [5.74, 6) is -1.28. The van der Waals surface area contributed by atoms with Crippen molar-refractivity contribution in [2.45, 2.75) is 13.1 Å². The first-order valence-corrected chi connectivity index (χ1v) is 5.18. The van der Waals surface area contributed by atoms with E-state index in [1.165, 1.54) is 12.3 Å². The van der Waals surface area contributed by atoms with Crippen LogP contribution in [0.3, 0.4) is 0 Å². The number of nitrogens with zero attached hydrogens (tertiary/aromatic N) is 1. The lowest BCUT2D eigenvalue weighted by Gasteiger charge is -2.10. The molecule has 0 bridgehead atoms. The third kappa shape index (κ3) is 2.50. The van der Waals surface area contributed by atoms with E-state index in [4.69, 9.17) is 0 Å². The Balaban J connectivity index is 2.54. The van der Waals surface area contributed by atoms with Gasteiger partial charge < -0.3 is 0 Å². The molecule has 0 aliphatic heterocycles. The van der Waals surface area contributed by atoms with Gasteiger partial charge in [-0.05, 0) is 42.8 Å². The number of benzene rings is 1. The Kier molecular flexibility index (Phi) is 3.07. The summed E-state index contributed by atoms with van der Waals surface area (Å²) in [5.41, 5.74) is 0.231. The van der Waals surface area contributed by atoms with Crippen LogP contribution in [0.5, 0.6) is 0 Å². The number of aromatic nitrogens is 1. The summed E-state index contributed by atoms with van der Waals surface area (Å²) in [7, 11) is 0. The molecule has 0 saturated carbocycles. The predicted molar refractivity (Wildman–Crippen MR) is 59.4 cm³/mol. The highest BCUT2D eigenvalue weighted by molar-refractivity contribution is 5.61. The minimum Gasteiger partial charge on any atom is -0.256 e. The Morgan fingerprint density at radius 2 is 1.78 bits per heavy atom. The van der Waals surface area contributed by atoms with Crippen molar-refractivity contribution >= 4 is 0 Å². The highest BCUT2D eigenvalue weighted by atomic mass is 19.4. The number of pyridine rings is 1. The zero-order chi connectivity index (χ0) is 13.3. The van der Waals surface area contributed by atoms with Crippen molar-refractivity contribution in [3.05, 3.63) is 53.5 Å². The maximum atomic E-state index is 13.1. The summed E-state index contributed by atoms with van der Waals surface area (Å²) >= 11 is 0. The second kappa shape index (κ2) is 4.40. The minimum absolute atomic E-state index is 0.243. The minimum atomic E-state index is -4.70. The van der Waals surface area contributed by atoms with Crippen molar-refractivity contribution in [1.29, 1.82) is 0 Å². The van der Waals surface area contributed by atoms with Gasteiger partial charge >= 0.3 is 6.18 Å². The Morgan fingerprint density at radius 3 is 2.39 bits per heavy atom. The van der Waals surface area contributed by atoms with E-state index in [9.17, 15) is 17.6 Å². The third-order valence-electron chi connectivity index (χ3n) is 2.48. The quantitative estimate of drug-likeness (QED) is 0.695. The molecule has 94 valence electrons. The highest BCUT2D eigenvalue weighted by Gasteiger charge is 2.34. The van der Waals surface area contributed by atoms with E-state index in [0.29, 0.717) is 5.69 Å². The molecule has 0 saturated heterocycles. The maximum Gasteiger partial charge on any atom is 0.419 e. The van der Waals surface area contributed by atoms with E-state index in [1.807, 2.05) is 0 Å². The fourth-order valence-electron chi connectivity index (χ4n) is 1.60. The van der Waals surface area contributed by atoms with Gasteiger partial charge in [0.05, 0.1) is 11.3 Å².